The van der Waals surface area contributed by atoms with Gasteiger partial charge in [-0.2, -0.15) is 0 Å². The highest BCUT2D eigenvalue weighted by Crippen LogP contribution is 2.38. The number of likely N-dealkylation sites (tertiary alicyclic amines) is 1. The predicted octanol–water partition coefficient (Wildman–Crippen LogP) is 4.32. The van der Waals surface area contributed by atoms with E-state index in [1.165, 1.54) is 11.3 Å². The van der Waals surface area contributed by atoms with Gasteiger partial charge in [-0.15, -0.1) is 34.5 Å². The minimum Gasteiger partial charge on any atom is -0.447 e. The van der Waals surface area contributed by atoms with E-state index in [2.05, 4.69) is 5.32 Å². The van der Waals surface area contributed by atoms with E-state index >= 15 is 0 Å². The molecule has 2 saturated heterocycles. The van der Waals surface area contributed by atoms with Crippen LogP contribution in [0.4, 0.5) is 9.18 Å². The second kappa shape index (κ2) is 8.28. The molecule has 0 radical (unpaired) electrons. The van der Waals surface area contributed by atoms with Crippen molar-refractivity contribution in [2.24, 2.45) is 0 Å². The summed E-state index contributed by atoms with van der Waals surface area (Å²) in [5, 5.41) is 3.29. The second-order valence-corrected chi connectivity index (χ2v) is 9.40. The van der Waals surface area contributed by atoms with Crippen LogP contribution in [0.25, 0.3) is 10.1 Å². The Labute approximate surface area is 182 Å². The molecule has 2 aliphatic heterocycles. The van der Waals surface area contributed by atoms with E-state index in [1.54, 1.807) is 11.0 Å². The normalized spacial score (nSPS) is 17.5. The molecule has 1 aromatic carbocycles. The fourth-order valence-electron chi connectivity index (χ4n) is 4.00. The first kappa shape index (κ1) is 20.7. The van der Waals surface area contributed by atoms with Crippen LogP contribution in [0.3, 0.4) is 0 Å². The molecule has 9 heteroatoms. The fourth-order valence-corrected chi connectivity index (χ4v) is 5.56. The van der Waals surface area contributed by atoms with E-state index in [-0.39, 0.29) is 18.3 Å². The lowest BCUT2D eigenvalue weighted by Crippen LogP contribution is -2.69. The Balaban J connectivity index is 1.64. The lowest BCUT2D eigenvalue weighted by Gasteiger charge is -2.45. The molecule has 29 heavy (non-hydrogen) atoms. The van der Waals surface area contributed by atoms with Crippen molar-refractivity contribution in [3.8, 4) is 0 Å². The van der Waals surface area contributed by atoms with Crippen LogP contribution in [0.15, 0.2) is 12.1 Å². The number of cyclic esters (lactones) is 1. The van der Waals surface area contributed by atoms with E-state index < -0.39 is 11.6 Å². The zero-order valence-electron chi connectivity index (χ0n) is 15.7. The van der Waals surface area contributed by atoms with Gasteiger partial charge in [0.2, 0.25) is 0 Å². The van der Waals surface area contributed by atoms with Crippen molar-refractivity contribution in [1.29, 1.82) is 0 Å². The first-order valence-electron chi connectivity index (χ1n) is 9.56. The molecule has 156 valence electrons. The van der Waals surface area contributed by atoms with Gasteiger partial charge in [0.25, 0.3) is 5.91 Å². The monoisotopic (exact) mass is 458 g/mol. The second-order valence-electron chi connectivity index (χ2n) is 7.59. The number of alkyl halides is 2. The SMILES string of the molecule is O=C1NC2(CO1)CN(C(=O)c1sc3cc(CCCCl)cc(F)c3c1CCCCl)C2. The number of halogens is 3. The molecule has 1 spiro atoms. The van der Waals surface area contributed by atoms with Gasteiger partial charge in [-0.05, 0) is 48.9 Å². The molecule has 1 aromatic heterocycles. The van der Waals surface area contributed by atoms with Crippen molar-refractivity contribution < 1.29 is 18.7 Å². The van der Waals surface area contributed by atoms with Gasteiger partial charge in [-0.1, -0.05) is 0 Å². The van der Waals surface area contributed by atoms with Crippen molar-refractivity contribution in [3.05, 3.63) is 34.0 Å². The first-order chi connectivity index (χ1) is 14.0. The first-order valence-corrected chi connectivity index (χ1v) is 11.4. The zero-order valence-corrected chi connectivity index (χ0v) is 18.1. The van der Waals surface area contributed by atoms with E-state index in [1.807, 2.05) is 6.07 Å². The number of hydrogen-bond acceptors (Lipinski definition) is 4. The summed E-state index contributed by atoms with van der Waals surface area (Å²) in [7, 11) is 0. The van der Waals surface area contributed by atoms with Crippen LogP contribution in [0.2, 0.25) is 0 Å². The Hall–Kier alpha value is -1.57. The number of aryl methyl sites for hydroxylation is 2. The Bertz CT molecular complexity index is 959. The molecular formula is C20H21Cl2FN2O3S. The number of thiophene rings is 1. The average molecular weight is 459 g/mol. The highest BCUT2D eigenvalue weighted by atomic mass is 35.5. The number of ether oxygens (including phenoxy) is 1. The van der Waals surface area contributed by atoms with Gasteiger partial charge >= 0.3 is 6.09 Å². The Kier molecular flexibility index (Phi) is 5.91. The summed E-state index contributed by atoms with van der Waals surface area (Å²) in [6.45, 7) is 1.05. The Morgan fingerprint density at radius 1 is 1.24 bits per heavy atom. The van der Waals surface area contributed by atoms with Crippen LogP contribution in [0, 0.1) is 5.82 Å². The van der Waals surface area contributed by atoms with Crippen LogP contribution in [-0.2, 0) is 17.6 Å². The minimum absolute atomic E-state index is 0.135. The molecule has 0 saturated carbocycles. The van der Waals surface area contributed by atoms with Crippen molar-refractivity contribution in [2.45, 2.75) is 31.2 Å². The van der Waals surface area contributed by atoms with E-state index in [0.29, 0.717) is 54.4 Å². The molecule has 0 bridgehead atoms. The number of nitrogens with zero attached hydrogens (tertiary/aromatic N) is 1. The third-order valence-corrected chi connectivity index (χ3v) is 7.08. The smallest absolute Gasteiger partial charge is 0.407 e. The predicted molar refractivity (Wildman–Crippen MR) is 113 cm³/mol. The minimum atomic E-state index is -0.486. The summed E-state index contributed by atoms with van der Waals surface area (Å²) in [5.74, 6) is 0.523. The van der Waals surface area contributed by atoms with Crippen LogP contribution in [0.1, 0.15) is 33.6 Å². The summed E-state index contributed by atoms with van der Waals surface area (Å²) in [4.78, 5) is 26.7. The van der Waals surface area contributed by atoms with Crippen LogP contribution >= 0.6 is 34.5 Å². The van der Waals surface area contributed by atoms with Gasteiger partial charge in [-0.3, -0.25) is 4.79 Å². The lowest BCUT2D eigenvalue weighted by atomic mass is 9.91. The number of carbonyl (C=O) groups excluding carboxylic acids is 2. The molecule has 5 nitrogen and oxygen atoms in total. The van der Waals surface area contributed by atoms with Crippen molar-refractivity contribution in [1.82, 2.24) is 10.2 Å². The largest absolute Gasteiger partial charge is 0.447 e. The molecule has 3 heterocycles. The van der Waals surface area contributed by atoms with Crippen LogP contribution in [-0.4, -0.2) is 53.9 Å². The average Bonchev–Trinajstić information content (AvgIpc) is 3.24. The van der Waals surface area contributed by atoms with E-state index in [4.69, 9.17) is 27.9 Å². The van der Waals surface area contributed by atoms with Gasteiger partial charge in [0.05, 0.1) is 4.88 Å². The molecule has 0 unspecified atom stereocenters. The number of carbonyl (C=O) groups is 2. The van der Waals surface area contributed by atoms with Gasteiger partial charge in [0.15, 0.2) is 0 Å². The summed E-state index contributed by atoms with van der Waals surface area (Å²) in [6.07, 6.45) is 2.22. The van der Waals surface area contributed by atoms with Crippen LogP contribution < -0.4 is 5.32 Å². The third kappa shape index (κ3) is 3.92. The number of rotatable bonds is 7. The Morgan fingerprint density at radius 3 is 2.62 bits per heavy atom. The van der Waals surface area contributed by atoms with E-state index in [9.17, 15) is 14.0 Å². The maximum Gasteiger partial charge on any atom is 0.407 e. The van der Waals surface area contributed by atoms with Gasteiger partial charge in [0.1, 0.15) is 18.0 Å². The van der Waals surface area contributed by atoms with Crippen molar-refractivity contribution in [2.75, 3.05) is 31.5 Å². The van der Waals surface area contributed by atoms with Gasteiger partial charge < -0.3 is 15.0 Å². The highest BCUT2D eigenvalue weighted by molar-refractivity contribution is 7.21. The fraction of sp³-hybridized carbons (Fsp3) is 0.500. The topological polar surface area (TPSA) is 58.6 Å². The number of alkyl carbamates (subject to hydrolysis) is 1. The van der Waals surface area contributed by atoms with Gasteiger partial charge in [-0.25, -0.2) is 9.18 Å². The summed E-state index contributed by atoms with van der Waals surface area (Å²) in [6, 6.07) is 3.50. The molecule has 2 amide bonds. The zero-order chi connectivity index (χ0) is 20.6. The highest BCUT2D eigenvalue weighted by Gasteiger charge is 2.51. The number of fused-ring (bicyclic) bond motifs is 1. The van der Waals surface area contributed by atoms with Crippen molar-refractivity contribution in [3.63, 3.8) is 0 Å². The number of amides is 2. The molecular weight excluding hydrogens is 438 g/mol. The molecule has 0 aliphatic carbocycles. The van der Waals surface area contributed by atoms with Gasteiger partial charge in [0, 0.05) is 34.9 Å². The summed E-state index contributed by atoms with van der Waals surface area (Å²) >= 11 is 13.0. The third-order valence-electron chi connectivity index (χ3n) is 5.38. The number of hydrogen-bond donors (Lipinski definition) is 1. The lowest BCUT2D eigenvalue weighted by molar-refractivity contribution is 0.0321. The van der Waals surface area contributed by atoms with Crippen molar-refractivity contribution >= 4 is 56.6 Å². The summed E-state index contributed by atoms with van der Waals surface area (Å²) < 4.78 is 20.7. The molecule has 4 rings (SSSR count). The summed E-state index contributed by atoms with van der Waals surface area (Å²) in [5.41, 5.74) is 1.12. The van der Waals surface area contributed by atoms with Crippen LogP contribution in [0.5, 0.6) is 0 Å². The molecule has 0 atom stereocenters. The number of nitrogens with one attached hydrogen (secondary N) is 1. The maximum absolute atomic E-state index is 15.0. The molecule has 2 aromatic rings. The number of benzene rings is 1. The molecule has 2 fully saturated rings. The maximum atomic E-state index is 15.0. The quantitative estimate of drug-likeness (QED) is 0.628. The molecule has 2 aliphatic rings. The Morgan fingerprint density at radius 2 is 1.97 bits per heavy atom. The standard InChI is InChI=1S/C20H21Cl2FN2O3S/c21-5-1-3-12-7-14(23)16-13(4-2-6-22)17(29-15(16)8-12)18(26)25-9-20(10-25)11-28-19(27)24-20/h7-8H,1-6,9-11H2,(H,24,27). The van der Waals surface area contributed by atoms with E-state index in [0.717, 1.165) is 22.2 Å². The molecule has 1 N–H and O–H groups in total.